The first-order valence-electron chi connectivity index (χ1n) is 4.45. The predicted molar refractivity (Wildman–Crippen MR) is 58.5 cm³/mol. The van der Waals surface area contributed by atoms with Gasteiger partial charge in [0.2, 0.25) is 5.28 Å². The summed E-state index contributed by atoms with van der Waals surface area (Å²) in [6.07, 6.45) is 2.36. The lowest BCUT2D eigenvalue weighted by molar-refractivity contribution is 0.758. The Hall–Kier alpha value is -0.610. The molecule has 3 nitrogen and oxygen atoms in total. The van der Waals surface area contributed by atoms with Crippen LogP contribution in [0, 0.1) is 0 Å². The van der Waals surface area contributed by atoms with Crippen molar-refractivity contribution in [2.24, 2.45) is 0 Å². The number of hydrogen-bond donors (Lipinski definition) is 0. The standard InChI is InChI=1S/C9H7BrClN3/c10-7-4-3-6-8(13-7)14(5-1-2-5)9(11)12-6/h3-5H,1-2H2. The second-order valence-corrected chi connectivity index (χ2v) is 4.61. The van der Waals surface area contributed by atoms with E-state index in [0.29, 0.717) is 11.3 Å². The van der Waals surface area contributed by atoms with Gasteiger partial charge in [0.15, 0.2) is 5.65 Å². The van der Waals surface area contributed by atoms with Crippen LogP contribution in [-0.2, 0) is 0 Å². The van der Waals surface area contributed by atoms with Crippen LogP contribution >= 0.6 is 27.5 Å². The molecule has 2 heterocycles. The lowest BCUT2D eigenvalue weighted by atomic mass is 10.4. The van der Waals surface area contributed by atoms with Gasteiger partial charge >= 0.3 is 0 Å². The Bertz CT molecular complexity index is 504. The van der Waals surface area contributed by atoms with Gasteiger partial charge < -0.3 is 0 Å². The summed E-state index contributed by atoms with van der Waals surface area (Å²) in [7, 11) is 0. The van der Waals surface area contributed by atoms with Crippen LogP contribution in [0.4, 0.5) is 0 Å². The number of pyridine rings is 1. The van der Waals surface area contributed by atoms with Crippen LogP contribution in [0.1, 0.15) is 18.9 Å². The maximum absolute atomic E-state index is 6.05. The molecule has 1 fully saturated rings. The summed E-state index contributed by atoms with van der Waals surface area (Å²) in [6, 6.07) is 4.31. The molecule has 2 aromatic heterocycles. The third-order valence-electron chi connectivity index (χ3n) is 2.37. The molecule has 1 saturated carbocycles. The van der Waals surface area contributed by atoms with Crippen LogP contribution in [0.3, 0.4) is 0 Å². The first-order chi connectivity index (χ1) is 6.75. The third kappa shape index (κ3) is 1.25. The van der Waals surface area contributed by atoms with Crippen LogP contribution in [0.5, 0.6) is 0 Å². The van der Waals surface area contributed by atoms with Crippen molar-refractivity contribution < 1.29 is 0 Å². The van der Waals surface area contributed by atoms with E-state index in [1.54, 1.807) is 0 Å². The zero-order valence-electron chi connectivity index (χ0n) is 7.24. The van der Waals surface area contributed by atoms with Crippen molar-refractivity contribution in [3.63, 3.8) is 0 Å². The molecular weight excluding hydrogens is 265 g/mol. The van der Waals surface area contributed by atoms with Gasteiger partial charge in [-0.1, -0.05) is 0 Å². The molecular formula is C9H7BrClN3. The summed E-state index contributed by atoms with van der Waals surface area (Å²) in [5.74, 6) is 0. The summed E-state index contributed by atoms with van der Waals surface area (Å²) < 4.78 is 2.84. The van der Waals surface area contributed by atoms with E-state index in [9.17, 15) is 0 Å². The highest BCUT2D eigenvalue weighted by molar-refractivity contribution is 9.10. The molecule has 0 aromatic carbocycles. The number of nitrogens with zero attached hydrogens (tertiary/aromatic N) is 3. The Balaban J connectivity index is 2.34. The number of fused-ring (bicyclic) bond motifs is 1. The summed E-state index contributed by atoms with van der Waals surface area (Å²) in [5, 5.41) is 0.549. The molecule has 0 radical (unpaired) electrons. The van der Waals surface area contributed by atoms with Gasteiger partial charge in [-0.3, -0.25) is 4.57 Å². The molecule has 0 unspecified atom stereocenters. The number of rotatable bonds is 1. The van der Waals surface area contributed by atoms with Crippen molar-refractivity contribution in [2.45, 2.75) is 18.9 Å². The van der Waals surface area contributed by atoms with E-state index in [0.717, 1.165) is 15.8 Å². The minimum atomic E-state index is 0.509. The molecule has 0 saturated heterocycles. The molecule has 0 atom stereocenters. The molecule has 0 bridgehead atoms. The molecule has 5 heteroatoms. The molecule has 2 aromatic rings. The van der Waals surface area contributed by atoms with Crippen molar-refractivity contribution in [1.82, 2.24) is 14.5 Å². The first-order valence-corrected chi connectivity index (χ1v) is 5.63. The largest absolute Gasteiger partial charge is 0.296 e. The average Bonchev–Trinajstić information content (AvgIpc) is 2.90. The van der Waals surface area contributed by atoms with Gasteiger partial charge in [-0.05, 0) is 52.5 Å². The van der Waals surface area contributed by atoms with Gasteiger partial charge in [-0.2, -0.15) is 0 Å². The van der Waals surface area contributed by atoms with Crippen LogP contribution in [0.2, 0.25) is 5.28 Å². The van der Waals surface area contributed by atoms with Gasteiger partial charge in [-0.15, -0.1) is 0 Å². The van der Waals surface area contributed by atoms with E-state index in [-0.39, 0.29) is 0 Å². The average molecular weight is 273 g/mol. The number of imidazole rings is 1. The molecule has 3 rings (SSSR count). The SMILES string of the molecule is Clc1nc2ccc(Br)nc2n1C1CC1. The topological polar surface area (TPSA) is 30.7 Å². The molecule has 1 aliphatic carbocycles. The summed E-state index contributed by atoms with van der Waals surface area (Å²) >= 11 is 9.40. The monoisotopic (exact) mass is 271 g/mol. The molecule has 14 heavy (non-hydrogen) atoms. The molecule has 0 N–H and O–H groups in total. The van der Waals surface area contributed by atoms with Gasteiger partial charge in [-0.25, -0.2) is 9.97 Å². The molecule has 72 valence electrons. The summed E-state index contributed by atoms with van der Waals surface area (Å²) in [5.41, 5.74) is 1.75. The molecule has 1 aliphatic rings. The Morgan fingerprint density at radius 3 is 2.86 bits per heavy atom. The lowest BCUT2D eigenvalue weighted by Gasteiger charge is -2.00. The van der Waals surface area contributed by atoms with Gasteiger partial charge in [0.1, 0.15) is 10.1 Å². The quantitative estimate of drug-likeness (QED) is 0.747. The maximum Gasteiger partial charge on any atom is 0.205 e. The number of aromatic nitrogens is 3. The normalized spacial score (nSPS) is 16.4. The summed E-state index contributed by atoms with van der Waals surface area (Å²) in [4.78, 5) is 8.65. The Morgan fingerprint density at radius 1 is 1.36 bits per heavy atom. The van der Waals surface area contributed by atoms with E-state index in [1.165, 1.54) is 12.8 Å². The van der Waals surface area contributed by atoms with E-state index in [4.69, 9.17) is 11.6 Å². The maximum atomic E-state index is 6.05. The van der Waals surface area contributed by atoms with Crippen molar-refractivity contribution >= 4 is 38.7 Å². The van der Waals surface area contributed by atoms with E-state index in [1.807, 2.05) is 16.7 Å². The van der Waals surface area contributed by atoms with Crippen molar-refractivity contribution in [3.05, 3.63) is 22.0 Å². The van der Waals surface area contributed by atoms with Crippen molar-refractivity contribution in [2.75, 3.05) is 0 Å². The zero-order chi connectivity index (χ0) is 9.71. The van der Waals surface area contributed by atoms with Gasteiger partial charge in [0, 0.05) is 6.04 Å². The highest BCUT2D eigenvalue weighted by Gasteiger charge is 2.28. The van der Waals surface area contributed by atoms with Gasteiger partial charge in [0.05, 0.1) is 0 Å². The van der Waals surface area contributed by atoms with Crippen LogP contribution in [0.25, 0.3) is 11.2 Å². The van der Waals surface area contributed by atoms with Crippen molar-refractivity contribution in [1.29, 1.82) is 0 Å². The molecule has 0 aliphatic heterocycles. The van der Waals surface area contributed by atoms with Crippen LogP contribution in [0.15, 0.2) is 16.7 Å². The first kappa shape index (κ1) is 8.68. The summed E-state index contributed by atoms with van der Waals surface area (Å²) in [6.45, 7) is 0. The van der Waals surface area contributed by atoms with E-state index in [2.05, 4.69) is 25.9 Å². The fourth-order valence-corrected chi connectivity index (χ4v) is 2.19. The van der Waals surface area contributed by atoms with Crippen LogP contribution in [-0.4, -0.2) is 14.5 Å². The Morgan fingerprint density at radius 2 is 2.14 bits per heavy atom. The van der Waals surface area contributed by atoms with Crippen molar-refractivity contribution in [3.8, 4) is 0 Å². The smallest absolute Gasteiger partial charge is 0.205 e. The fourth-order valence-electron chi connectivity index (χ4n) is 1.58. The Kier molecular flexibility index (Phi) is 1.82. The minimum absolute atomic E-state index is 0.509. The van der Waals surface area contributed by atoms with Crippen LogP contribution < -0.4 is 0 Å². The molecule has 0 spiro atoms. The fraction of sp³-hybridized carbons (Fsp3) is 0.333. The predicted octanol–water partition coefficient (Wildman–Crippen LogP) is 3.18. The minimum Gasteiger partial charge on any atom is -0.296 e. The zero-order valence-corrected chi connectivity index (χ0v) is 9.59. The highest BCUT2D eigenvalue weighted by Crippen LogP contribution is 2.39. The second-order valence-electron chi connectivity index (χ2n) is 3.46. The Labute approximate surface area is 94.2 Å². The van der Waals surface area contributed by atoms with E-state index < -0.39 is 0 Å². The van der Waals surface area contributed by atoms with E-state index >= 15 is 0 Å². The van der Waals surface area contributed by atoms with Gasteiger partial charge in [0.25, 0.3) is 0 Å². The third-order valence-corrected chi connectivity index (χ3v) is 3.08. The molecule has 0 amide bonds. The number of hydrogen-bond acceptors (Lipinski definition) is 2. The highest BCUT2D eigenvalue weighted by atomic mass is 79.9. The lowest BCUT2D eigenvalue weighted by Crippen LogP contribution is -1.95. The number of halogens is 2. The second kappa shape index (κ2) is 2.94.